The fourth-order valence-electron chi connectivity index (χ4n) is 4.92. The van der Waals surface area contributed by atoms with E-state index in [0.29, 0.717) is 17.5 Å². The molecule has 1 unspecified atom stereocenters. The van der Waals surface area contributed by atoms with E-state index in [4.69, 9.17) is 0 Å². The Labute approximate surface area is 201 Å². The number of hydrogen-bond acceptors (Lipinski definition) is 5. The van der Waals surface area contributed by atoms with Crippen molar-refractivity contribution in [3.8, 4) is 10.4 Å². The molecule has 170 valence electrons. The minimum Gasteiger partial charge on any atom is -0.300 e. The van der Waals surface area contributed by atoms with E-state index in [1.807, 2.05) is 30.5 Å². The standard InChI is InChI=1S/C26H27N3O2S2/c1-17-13-20(23-15-19-9-5-6-10-22(19)33-23)16-24(30)29(17)21(14-18-7-3-2-4-8-18)25(31)28-26-27-11-12-32-26/h5-6,9-13,15-16,18,21H,2-4,7-8,14H2,1H3,(H,27,28,31). The molecule has 5 nitrogen and oxygen atoms in total. The highest BCUT2D eigenvalue weighted by Gasteiger charge is 2.28. The number of pyridine rings is 1. The molecule has 1 fully saturated rings. The number of carbonyl (C=O) groups excluding carboxylic acids is 1. The van der Waals surface area contributed by atoms with Crippen LogP contribution in [-0.2, 0) is 4.79 Å². The van der Waals surface area contributed by atoms with Crippen LogP contribution < -0.4 is 10.9 Å². The van der Waals surface area contributed by atoms with Gasteiger partial charge in [0.15, 0.2) is 5.13 Å². The normalized spacial score (nSPS) is 15.5. The van der Waals surface area contributed by atoms with Crippen molar-refractivity contribution in [1.29, 1.82) is 0 Å². The van der Waals surface area contributed by atoms with Crippen molar-refractivity contribution >= 4 is 43.8 Å². The maximum absolute atomic E-state index is 13.4. The van der Waals surface area contributed by atoms with Gasteiger partial charge in [-0.1, -0.05) is 50.3 Å². The molecule has 5 rings (SSSR count). The Kier molecular flexibility index (Phi) is 6.42. The summed E-state index contributed by atoms with van der Waals surface area (Å²) in [4.78, 5) is 32.0. The molecule has 0 saturated heterocycles. The van der Waals surface area contributed by atoms with Crippen molar-refractivity contribution in [3.05, 3.63) is 70.1 Å². The summed E-state index contributed by atoms with van der Waals surface area (Å²) >= 11 is 3.08. The van der Waals surface area contributed by atoms with Crippen molar-refractivity contribution in [2.45, 2.75) is 51.5 Å². The number of hydrogen-bond donors (Lipinski definition) is 1. The van der Waals surface area contributed by atoms with E-state index < -0.39 is 6.04 Å². The number of nitrogens with one attached hydrogen (secondary N) is 1. The van der Waals surface area contributed by atoms with Gasteiger partial charge in [-0.25, -0.2) is 4.98 Å². The molecule has 1 aromatic carbocycles. The minimum absolute atomic E-state index is 0.127. The van der Waals surface area contributed by atoms with Crippen LogP contribution in [-0.4, -0.2) is 15.5 Å². The van der Waals surface area contributed by atoms with Gasteiger partial charge in [-0.15, -0.1) is 22.7 Å². The first-order chi connectivity index (χ1) is 16.1. The van der Waals surface area contributed by atoms with Crippen molar-refractivity contribution in [2.24, 2.45) is 5.92 Å². The van der Waals surface area contributed by atoms with E-state index in [0.717, 1.165) is 29.0 Å². The lowest BCUT2D eigenvalue weighted by atomic mass is 9.84. The number of amides is 1. The highest BCUT2D eigenvalue weighted by molar-refractivity contribution is 7.22. The van der Waals surface area contributed by atoms with Crippen LogP contribution in [0, 0.1) is 12.8 Å². The maximum Gasteiger partial charge on any atom is 0.252 e. The molecule has 1 atom stereocenters. The van der Waals surface area contributed by atoms with Crippen LogP contribution in [0.5, 0.6) is 0 Å². The lowest BCUT2D eigenvalue weighted by Gasteiger charge is -2.28. The Morgan fingerprint density at radius 2 is 2.00 bits per heavy atom. The van der Waals surface area contributed by atoms with Crippen LogP contribution in [0.3, 0.4) is 0 Å². The number of nitrogens with zero attached hydrogens (tertiary/aromatic N) is 2. The Morgan fingerprint density at radius 3 is 2.73 bits per heavy atom. The zero-order chi connectivity index (χ0) is 22.8. The van der Waals surface area contributed by atoms with Gasteiger partial charge in [-0.05, 0) is 48.4 Å². The molecular weight excluding hydrogens is 450 g/mol. The van der Waals surface area contributed by atoms with Gasteiger partial charge >= 0.3 is 0 Å². The molecule has 33 heavy (non-hydrogen) atoms. The monoisotopic (exact) mass is 477 g/mol. The molecule has 1 N–H and O–H groups in total. The van der Waals surface area contributed by atoms with E-state index in [9.17, 15) is 9.59 Å². The zero-order valence-corrected chi connectivity index (χ0v) is 20.3. The molecule has 3 heterocycles. The molecule has 0 radical (unpaired) electrons. The fraction of sp³-hybridized carbons (Fsp3) is 0.346. The number of thiophene rings is 1. The summed E-state index contributed by atoms with van der Waals surface area (Å²) in [6.07, 6.45) is 8.25. The summed E-state index contributed by atoms with van der Waals surface area (Å²) < 4.78 is 2.89. The third kappa shape index (κ3) is 4.80. The van der Waals surface area contributed by atoms with Gasteiger partial charge in [-0.2, -0.15) is 0 Å². The average Bonchev–Trinajstić information content (AvgIpc) is 3.48. The van der Waals surface area contributed by atoms with Crippen LogP contribution >= 0.6 is 22.7 Å². The van der Waals surface area contributed by atoms with Crippen molar-refractivity contribution in [1.82, 2.24) is 9.55 Å². The molecule has 7 heteroatoms. The Bertz CT molecular complexity index is 1280. The molecule has 0 spiro atoms. The van der Waals surface area contributed by atoms with Gasteiger partial charge in [0, 0.05) is 32.9 Å². The number of fused-ring (bicyclic) bond motifs is 1. The molecule has 0 bridgehead atoms. The Hall–Kier alpha value is -2.77. The number of aryl methyl sites for hydroxylation is 1. The first-order valence-corrected chi connectivity index (χ1v) is 13.2. The van der Waals surface area contributed by atoms with Gasteiger partial charge in [0.05, 0.1) is 0 Å². The number of anilines is 1. The smallest absolute Gasteiger partial charge is 0.252 e. The summed E-state index contributed by atoms with van der Waals surface area (Å²) in [5.41, 5.74) is 1.59. The highest BCUT2D eigenvalue weighted by atomic mass is 32.1. The third-order valence-corrected chi connectivity index (χ3v) is 8.38. The first kappa shape index (κ1) is 22.0. The third-order valence-electron chi connectivity index (χ3n) is 6.53. The largest absolute Gasteiger partial charge is 0.300 e. The van der Waals surface area contributed by atoms with E-state index in [2.05, 4.69) is 28.5 Å². The number of rotatable bonds is 6. The average molecular weight is 478 g/mol. The minimum atomic E-state index is -0.541. The van der Waals surface area contributed by atoms with Crippen LogP contribution in [0.4, 0.5) is 5.13 Å². The second kappa shape index (κ2) is 9.61. The second-order valence-electron chi connectivity index (χ2n) is 8.82. The Morgan fingerprint density at radius 1 is 1.18 bits per heavy atom. The van der Waals surface area contributed by atoms with Crippen LogP contribution in [0.1, 0.15) is 50.3 Å². The predicted octanol–water partition coefficient (Wildman–Crippen LogP) is 6.65. The topological polar surface area (TPSA) is 64.0 Å². The molecule has 1 saturated carbocycles. The first-order valence-electron chi connectivity index (χ1n) is 11.5. The number of benzene rings is 1. The summed E-state index contributed by atoms with van der Waals surface area (Å²) in [5, 5.41) is 6.52. The van der Waals surface area contributed by atoms with Crippen molar-refractivity contribution < 1.29 is 4.79 Å². The fourth-order valence-corrected chi connectivity index (χ4v) is 6.50. The zero-order valence-electron chi connectivity index (χ0n) is 18.6. The summed E-state index contributed by atoms with van der Waals surface area (Å²) in [5.74, 6) is 0.301. The second-order valence-corrected chi connectivity index (χ2v) is 10.8. The highest BCUT2D eigenvalue weighted by Crippen LogP contribution is 2.35. The summed E-state index contributed by atoms with van der Waals surface area (Å²) in [6, 6.07) is 13.6. The molecule has 0 aliphatic heterocycles. The van der Waals surface area contributed by atoms with Gasteiger partial charge < -0.3 is 9.88 Å². The van der Waals surface area contributed by atoms with Gasteiger partial charge in [0.1, 0.15) is 6.04 Å². The van der Waals surface area contributed by atoms with E-state index in [1.54, 1.807) is 28.2 Å². The molecule has 1 amide bonds. The number of aromatic nitrogens is 2. The van der Waals surface area contributed by atoms with Crippen molar-refractivity contribution in [3.63, 3.8) is 0 Å². The number of thiazole rings is 1. The lowest BCUT2D eigenvalue weighted by Crippen LogP contribution is -2.36. The van der Waals surface area contributed by atoms with E-state index in [-0.39, 0.29) is 11.5 Å². The van der Waals surface area contributed by atoms with E-state index >= 15 is 0 Å². The molecule has 1 aliphatic rings. The van der Waals surface area contributed by atoms with Crippen LogP contribution in [0.25, 0.3) is 20.5 Å². The van der Waals surface area contributed by atoms with Crippen LogP contribution in [0.15, 0.2) is 58.8 Å². The summed E-state index contributed by atoms with van der Waals surface area (Å²) in [7, 11) is 0. The van der Waals surface area contributed by atoms with Gasteiger partial charge in [-0.3, -0.25) is 9.59 Å². The maximum atomic E-state index is 13.4. The summed E-state index contributed by atoms with van der Waals surface area (Å²) in [6.45, 7) is 1.93. The SMILES string of the molecule is Cc1cc(-c2cc3ccccc3s2)cc(=O)n1C(CC1CCCCC1)C(=O)Nc1nccs1. The van der Waals surface area contributed by atoms with Gasteiger partial charge in [0.25, 0.3) is 5.56 Å². The van der Waals surface area contributed by atoms with Crippen molar-refractivity contribution in [2.75, 3.05) is 5.32 Å². The predicted molar refractivity (Wildman–Crippen MR) is 137 cm³/mol. The molecule has 4 aromatic rings. The van der Waals surface area contributed by atoms with E-state index in [1.165, 1.54) is 40.7 Å². The number of carbonyl (C=O) groups is 1. The van der Waals surface area contributed by atoms with Crippen LogP contribution in [0.2, 0.25) is 0 Å². The molecule has 3 aromatic heterocycles. The quantitative estimate of drug-likeness (QED) is 0.338. The Balaban J connectivity index is 1.50. The lowest BCUT2D eigenvalue weighted by molar-refractivity contribution is -0.120. The van der Waals surface area contributed by atoms with Gasteiger partial charge in [0.2, 0.25) is 5.91 Å². The molecular formula is C26H27N3O2S2. The molecule has 1 aliphatic carbocycles.